The summed E-state index contributed by atoms with van der Waals surface area (Å²) < 4.78 is 43.2. The Morgan fingerprint density at radius 2 is 1.80 bits per heavy atom. The van der Waals surface area contributed by atoms with Gasteiger partial charge in [-0.05, 0) is 35.4 Å². The van der Waals surface area contributed by atoms with Crippen LogP contribution >= 0.6 is 0 Å². The third kappa shape index (κ3) is 4.07. The van der Waals surface area contributed by atoms with Crippen molar-refractivity contribution in [2.45, 2.75) is 17.4 Å². The molecule has 0 spiro atoms. The fourth-order valence-corrected chi connectivity index (χ4v) is 4.14. The summed E-state index contributed by atoms with van der Waals surface area (Å²) in [6.45, 7) is 0.244. The van der Waals surface area contributed by atoms with E-state index < -0.39 is 21.6 Å². The number of halogens is 1. The number of hydrogen-bond acceptors (Lipinski definition) is 4. The molecule has 0 saturated carbocycles. The fourth-order valence-electron chi connectivity index (χ4n) is 3.51. The van der Waals surface area contributed by atoms with Gasteiger partial charge in [-0.1, -0.05) is 42.5 Å². The predicted octanol–water partition coefficient (Wildman–Crippen LogP) is 3.63. The van der Waals surface area contributed by atoms with Crippen molar-refractivity contribution in [1.82, 2.24) is 5.32 Å². The number of rotatable bonds is 5. The Bertz CT molecular complexity index is 1210. The van der Waals surface area contributed by atoms with Crippen LogP contribution in [0.5, 0.6) is 5.75 Å². The van der Waals surface area contributed by atoms with Gasteiger partial charge >= 0.3 is 0 Å². The van der Waals surface area contributed by atoms with E-state index in [0.29, 0.717) is 6.42 Å². The Balaban J connectivity index is 1.49. The smallest absolute Gasteiger partial charge is 0.254 e. The van der Waals surface area contributed by atoms with E-state index >= 15 is 0 Å². The van der Waals surface area contributed by atoms with Crippen LogP contribution in [-0.4, -0.2) is 33.2 Å². The summed E-state index contributed by atoms with van der Waals surface area (Å²) >= 11 is 0. The summed E-state index contributed by atoms with van der Waals surface area (Å²) in [4.78, 5) is 12.5. The lowest BCUT2D eigenvalue weighted by atomic mass is 10.0. The van der Waals surface area contributed by atoms with Crippen LogP contribution in [-0.2, 0) is 16.3 Å². The van der Waals surface area contributed by atoms with Gasteiger partial charge in [0.1, 0.15) is 17.7 Å². The Kier molecular flexibility index (Phi) is 5.30. The molecule has 0 saturated heterocycles. The molecule has 3 aromatic rings. The molecule has 1 N–H and O–H groups in total. The van der Waals surface area contributed by atoms with Gasteiger partial charge in [0.05, 0.1) is 17.0 Å². The average molecular weight is 425 g/mol. The van der Waals surface area contributed by atoms with E-state index in [1.165, 1.54) is 24.5 Å². The van der Waals surface area contributed by atoms with Gasteiger partial charge in [-0.15, -0.1) is 0 Å². The highest BCUT2D eigenvalue weighted by Crippen LogP contribution is 2.38. The van der Waals surface area contributed by atoms with Crippen molar-refractivity contribution in [2.75, 3.05) is 12.8 Å². The molecule has 0 aliphatic carbocycles. The third-order valence-electron chi connectivity index (χ3n) is 5.03. The number of hydrogen-bond donors (Lipinski definition) is 1. The van der Waals surface area contributed by atoms with Crippen molar-refractivity contribution in [1.29, 1.82) is 0 Å². The van der Waals surface area contributed by atoms with Crippen LogP contribution in [0.4, 0.5) is 4.39 Å². The highest BCUT2D eigenvalue weighted by Gasteiger charge is 2.26. The number of carbonyl (C=O) groups is 1. The predicted molar refractivity (Wildman–Crippen MR) is 112 cm³/mol. The highest BCUT2D eigenvalue weighted by atomic mass is 32.2. The van der Waals surface area contributed by atoms with Crippen molar-refractivity contribution in [3.63, 3.8) is 0 Å². The van der Waals surface area contributed by atoms with Crippen LogP contribution in [0.15, 0.2) is 71.6 Å². The number of para-hydroxylation sites is 1. The second kappa shape index (κ2) is 7.91. The minimum absolute atomic E-state index is 0.000309. The van der Waals surface area contributed by atoms with E-state index in [1.807, 2.05) is 18.2 Å². The van der Waals surface area contributed by atoms with E-state index in [0.717, 1.165) is 22.4 Å². The maximum absolute atomic E-state index is 13.8. The first-order valence-corrected chi connectivity index (χ1v) is 11.3. The first-order chi connectivity index (χ1) is 14.3. The lowest BCUT2D eigenvalue weighted by Gasteiger charge is -2.14. The maximum Gasteiger partial charge on any atom is 0.254 e. The summed E-state index contributed by atoms with van der Waals surface area (Å²) in [6, 6.07) is 18.3. The van der Waals surface area contributed by atoms with Crippen molar-refractivity contribution >= 4 is 15.7 Å². The zero-order valence-electron chi connectivity index (χ0n) is 16.3. The molecule has 4 rings (SSSR count). The summed E-state index contributed by atoms with van der Waals surface area (Å²) in [6.07, 6.45) is 1.51. The largest absolute Gasteiger partial charge is 0.487 e. The monoisotopic (exact) mass is 425 g/mol. The second-order valence-electron chi connectivity index (χ2n) is 7.22. The quantitative estimate of drug-likeness (QED) is 0.678. The minimum atomic E-state index is -3.26. The minimum Gasteiger partial charge on any atom is -0.487 e. The maximum atomic E-state index is 13.8. The number of carbonyl (C=O) groups excluding carboxylic acids is 1. The van der Waals surface area contributed by atoms with Crippen LogP contribution in [0.3, 0.4) is 0 Å². The van der Waals surface area contributed by atoms with Gasteiger partial charge in [-0.25, -0.2) is 12.8 Å². The van der Waals surface area contributed by atoms with Crippen molar-refractivity contribution in [3.05, 3.63) is 83.7 Å². The first kappa shape index (κ1) is 20.1. The normalized spacial score (nSPS) is 15.3. The molecule has 7 heteroatoms. The molecule has 1 aliphatic rings. The number of fused-ring (bicyclic) bond motifs is 1. The van der Waals surface area contributed by atoms with Crippen molar-refractivity contribution in [2.24, 2.45) is 0 Å². The molecule has 0 fully saturated rings. The molecular formula is C23H20FNO4S. The van der Waals surface area contributed by atoms with Gasteiger partial charge in [0.25, 0.3) is 5.91 Å². The molecule has 1 aliphatic heterocycles. The zero-order valence-corrected chi connectivity index (χ0v) is 17.1. The number of nitrogens with one attached hydrogen (secondary N) is 1. The SMILES string of the molecule is CS(=O)(=O)c1ccc(-c2cccc3c2O[C@H](CNC(=O)c2ccccc2F)C3)cc1. The third-order valence-corrected chi connectivity index (χ3v) is 6.16. The van der Waals surface area contributed by atoms with E-state index in [4.69, 9.17) is 4.74 Å². The van der Waals surface area contributed by atoms with Crippen LogP contribution in [0, 0.1) is 5.82 Å². The van der Waals surface area contributed by atoms with Crippen molar-refractivity contribution in [3.8, 4) is 16.9 Å². The van der Waals surface area contributed by atoms with Gasteiger partial charge in [0.2, 0.25) is 0 Å². The van der Waals surface area contributed by atoms with E-state index in [-0.39, 0.29) is 23.1 Å². The standard InChI is InChI=1S/C23H20FNO4S/c1-30(27,28)18-11-9-15(10-12-18)19-7-4-5-16-13-17(29-22(16)19)14-25-23(26)20-6-2-3-8-21(20)24/h2-12,17H,13-14H2,1H3,(H,25,26)/t17-/m0/s1. The zero-order chi connectivity index (χ0) is 21.3. The van der Waals surface area contributed by atoms with E-state index in [1.54, 1.807) is 30.3 Å². The fraction of sp³-hybridized carbons (Fsp3) is 0.174. The van der Waals surface area contributed by atoms with Crippen molar-refractivity contribution < 1.29 is 22.3 Å². The molecule has 3 aromatic carbocycles. The number of ether oxygens (including phenoxy) is 1. The Labute approximate surface area is 174 Å². The number of sulfone groups is 1. The van der Waals surface area contributed by atoms with Crippen LogP contribution in [0.25, 0.3) is 11.1 Å². The molecule has 30 heavy (non-hydrogen) atoms. The Hall–Kier alpha value is -3.19. The number of amides is 1. The van der Waals surface area contributed by atoms with Gasteiger partial charge < -0.3 is 10.1 Å². The molecule has 0 aromatic heterocycles. The molecule has 5 nitrogen and oxygen atoms in total. The molecule has 1 amide bonds. The van der Waals surface area contributed by atoms with Gasteiger partial charge in [-0.2, -0.15) is 0 Å². The molecule has 1 heterocycles. The highest BCUT2D eigenvalue weighted by molar-refractivity contribution is 7.90. The van der Waals surface area contributed by atoms with Crippen LogP contribution in [0.1, 0.15) is 15.9 Å². The van der Waals surface area contributed by atoms with Gasteiger partial charge in [-0.3, -0.25) is 4.79 Å². The second-order valence-corrected chi connectivity index (χ2v) is 9.24. The van der Waals surface area contributed by atoms with Crippen LogP contribution < -0.4 is 10.1 Å². The summed E-state index contributed by atoms with van der Waals surface area (Å²) in [5.74, 6) is -0.329. The first-order valence-electron chi connectivity index (χ1n) is 9.44. The number of benzene rings is 3. The average Bonchev–Trinajstić information content (AvgIpc) is 3.15. The molecule has 0 unspecified atom stereocenters. The Morgan fingerprint density at radius 1 is 1.07 bits per heavy atom. The summed E-state index contributed by atoms with van der Waals surface area (Å²) in [5.41, 5.74) is 2.70. The summed E-state index contributed by atoms with van der Waals surface area (Å²) in [7, 11) is -3.26. The lowest BCUT2D eigenvalue weighted by Crippen LogP contribution is -2.34. The Morgan fingerprint density at radius 3 is 2.50 bits per heavy atom. The lowest BCUT2D eigenvalue weighted by molar-refractivity contribution is 0.0929. The molecule has 0 radical (unpaired) electrons. The van der Waals surface area contributed by atoms with Crippen LogP contribution in [0.2, 0.25) is 0 Å². The molecule has 154 valence electrons. The van der Waals surface area contributed by atoms with Gasteiger partial charge in [0.15, 0.2) is 9.84 Å². The summed E-state index contributed by atoms with van der Waals surface area (Å²) in [5, 5.41) is 2.73. The molecule has 1 atom stereocenters. The molecular weight excluding hydrogens is 405 g/mol. The topological polar surface area (TPSA) is 72.5 Å². The van der Waals surface area contributed by atoms with E-state index in [2.05, 4.69) is 5.32 Å². The van der Waals surface area contributed by atoms with Gasteiger partial charge in [0, 0.05) is 18.2 Å². The molecule has 0 bridgehead atoms. The van der Waals surface area contributed by atoms with E-state index in [9.17, 15) is 17.6 Å².